The topological polar surface area (TPSA) is 105 Å². The summed E-state index contributed by atoms with van der Waals surface area (Å²) in [4.78, 5) is 23.3. The van der Waals surface area contributed by atoms with Gasteiger partial charge in [0.25, 0.3) is 0 Å². The molecule has 3 unspecified atom stereocenters. The number of rotatable bonds is 64. The van der Waals surface area contributed by atoms with Crippen LogP contribution in [0.25, 0.3) is 0 Å². The maximum absolute atomic E-state index is 13.0. The van der Waals surface area contributed by atoms with Crippen molar-refractivity contribution in [2.45, 2.75) is 379 Å². The minimum Gasteiger partial charge on any atom is -0.391 e. The van der Waals surface area contributed by atoms with Crippen molar-refractivity contribution in [1.29, 1.82) is 0 Å². The maximum Gasteiger partial charge on any atom is 0.472 e. The predicted octanol–water partition coefficient (Wildman–Crippen LogP) is 21.2. The van der Waals surface area contributed by atoms with Gasteiger partial charge >= 0.3 is 7.82 Å². The smallest absolute Gasteiger partial charge is 0.391 e. The Bertz CT molecular complexity index is 1180. The number of hydrogen-bond donors (Lipinski definition) is 3. The first-order chi connectivity index (χ1) is 36.5. The molecule has 0 aliphatic carbocycles. The van der Waals surface area contributed by atoms with Gasteiger partial charge in [0.05, 0.1) is 39.9 Å². The fourth-order valence-electron chi connectivity index (χ4n) is 10.8. The molecule has 75 heavy (non-hydrogen) atoms. The quantitative estimate of drug-likeness (QED) is 0.0318. The Morgan fingerprint density at radius 3 is 0.893 bits per heavy atom. The van der Waals surface area contributed by atoms with Gasteiger partial charge in [-0.2, -0.15) is 0 Å². The summed E-state index contributed by atoms with van der Waals surface area (Å²) in [6.07, 6.45) is 72.3. The number of aliphatic hydroxyl groups is 1. The van der Waals surface area contributed by atoms with Crippen molar-refractivity contribution in [3.63, 3.8) is 0 Å². The second-order valence-corrected chi connectivity index (χ2v) is 26.4. The first-order valence-corrected chi connectivity index (χ1v) is 35.4. The highest BCUT2D eigenvalue weighted by Gasteiger charge is 2.28. The molecule has 1 amide bonds. The number of carbonyl (C=O) groups is 1. The van der Waals surface area contributed by atoms with E-state index in [1.54, 1.807) is 0 Å². The van der Waals surface area contributed by atoms with Crippen molar-refractivity contribution in [1.82, 2.24) is 5.32 Å². The number of phosphoric ester groups is 1. The van der Waals surface area contributed by atoms with Crippen molar-refractivity contribution in [2.75, 3.05) is 40.9 Å². The first kappa shape index (κ1) is 74.5. The lowest BCUT2D eigenvalue weighted by molar-refractivity contribution is -0.870. The van der Waals surface area contributed by atoms with Gasteiger partial charge in [0, 0.05) is 6.42 Å². The molecule has 0 rings (SSSR count). The molecule has 0 aliphatic rings. The van der Waals surface area contributed by atoms with Gasteiger partial charge in [0.2, 0.25) is 5.91 Å². The summed E-state index contributed by atoms with van der Waals surface area (Å²) >= 11 is 0. The van der Waals surface area contributed by atoms with Crippen LogP contribution in [0.1, 0.15) is 367 Å². The van der Waals surface area contributed by atoms with Crippen molar-refractivity contribution < 1.29 is 32.9 Å². The van der Waals surface area contributed by atoms with Gasteiger partial charge < -0.3 is 19.8 Å². The summed E-state index contributed by atoms with van der Waals surface area (Å²) in [5.74, 6) is -0.136. The molecule has 3 atom stereocenters. The minimum atomic E-state index is -4.31. The fraction of sp³-hybridized carbons (Fsp3) is 0.985. The molecule has 8 nitrogen and oxygen atoms in total. The molecule has 450 valence electrons. The standard InChI is InChI=1S/C66H135N2O6P/c1-6-8-10-12-14-16-18-20-21-22-23-24-25-26-27-28-29-30-31-32-33-34-35-36-37-38-39-40-41-42-43-44-45-46-47-48-50-52-54-56-58-60-66(70)67-64(63-74-75(71,72)73-62-61-68(3,4)5)65(69)59-57-55-53-51-49-19-17-15-13-11-9-7-2/h64-65,69H,6-63H2,1-5H3,(H-,67,70,71,72)/p+1. The average molecular weight is 1080 g/mol. The van der Waals surface area contributed by atoms with E-state index in [1.165, 1.54) is 302 Å². The Labute approximate surface area is 470 Å². The fourth-order valence-corrected chi connectivity index (χ4v) is 11.6. The number of hydrogen-bond acceptors (Lipinski definition) is 5. The van der Waals surface area contributed by atoms with Crippen LogP contribution in [0.5, 0.6) is 0 Å². The van der Waals surface area contributed by atoms with Crippen LogP contribution in [0.15, 0.2) is 0 Å². The van der Waals surface area contributed by atoms with Crippen LogP contribution in [0, 0.1) is 0 Å². The molecular weight excluding hydrogens is 948 g/mol. The van der Waals surface area contributed by atoms with Crippen molar-refractivity contribution in [3.8, 4) is 0 Å². The number of carbonyl (C=O) groups excluding carboxylic acids is 1. The van der Waals surface area contributed by atoms with E-state index in [0.29, 0.717) is 23.9 Å². The summed E-state index contributed by atoms with van der Waals surface area (Å²) in [7, 11) is 1.64. The molecule has 0 spiro atoms. The Kier molecular flexibility index (Phi) is 57.8. The van der Waals surface area contributed by atoms with E-state index in [9.17, 15) is 19.4 Å². The van der Waals surface area contributed by atoms with E-state index in [4.69, 9.17) is 9.05 Å². The average Bonchev–Trinajstić information content (AvgIpc) is 3.37. The summed E-state index contributed by atoms with van der Waals surface area (Å²) in [6.45, 7) is 4.93. The third-order valence-electron chi connectivity index (χ3n) is 16.1. The van der Waals surface area contributed by atoms with Gasteiger partial charge in [0.1, 0.15) is 13.2 Å². The van der Waals surface area contributed by atoms with Gasteiger partial charge in [-0.05, 0) is 12.8 Å². The Hall–Kier alpha value is -0.500. The number of unbranched alkanes of at least 4 members (excludes halogenated alkanes) is 51. The van der Waals surface area contributed by atoms with E-state index in [2.05, 4.69) is 19.2 Å². The van der Waals surface area contributed by atoms with Crippen LogP contribution in [0.2, 0.25) is 0 Å². The third kappa shape index (κ3) is 61.0. The number of quaternary nitrogens is 1. The molecule has 0 heterocycles. The number of aliphatic hydroxyl groups excluding tert-OH is 1. The molecule has 9 heteroatoms. The van der Waals surface area contributed by atoms with Crippen molar-refractivity contribution >= 4 is 13.7 Å². The number of amides is 1. The molecule has 0 aromatic carbocycles. The van der Waals surface area contributed by atoms with E-state index < -0.39 is 20.0 Å². The van der Waals surface area contributed by atoms with Crippen molar-refractivity contribution in [3.05, 3.63) is 0 Å². The number of likely N-dealkylation sites (N-methyl/N-ethyl adjacent to an activating group) is 1. The van der Waals surface area contributed by atoms with Gasteiger partial charge in [0.15, 0.2) is 0 Å². The highest BCUT2D eigenvalue weighted by atomic mass is 31.2. The largest absolute Gasteiger partial charge is 0.472 e. The van der Waals surface area contributed by atoms with Crippen LogP contribution < -0.4 is 5.32 Å². The summed E-state index contributed by atoms with van der Waals surface area (Å²) < 4.78 is 23.8. The summed E-state index contributed by atoms with van der Waals surface area (Å²) in [5, 5.41) is 14.0. The molecule has 0 saturated heterocycles. The molecule has 0 aliphatic heterocycles. The summed E-state index contributed by atoms with van der Waals surface area (Å²) in [5.41, 5.74) is 0. The van der Waals surface area contributed by atoms with E-state index in [-0.39, 0.29) is 19.1 Å². The van der Waals surface area contributed by atoms with E-state index in [0.717, 1.165) is 38.5 Å². The van der Waals surface area contributed by atoms with Gasteiger partial charge in [-0.1, -0.05) is 348 Å². The second-order valence-electron chi connectivity index (χ2n) is 24.9. The molecule has 0 fully saturated rings. The lowest BCUT2D eigenvalue weighted by Crippen LogP contribution is -2.46. The number of phosphoric acid groups is 1. The van der Waals surface area contributed by atoms with Crippen LogP contribution in [-0.2, 0) is 18.4 Å². The lowest BCUT2D eigenvalue weighted by Gasteiger charge is -2.26. The highest BCUT2D eigenvalue weighted by Crippen LogP contribution is 2.43. The zero-order chi connectivity index (χ0) is 54.9. The predicted molar refractivity (Wildman–Crippen MR) is 328 cm³/mol. The van der Waals surface area contributed by atoms with Crippen molar-refractivity contribution in [2.24, 2.45) is 0 Å². The molecule has 3 N–H and O–H groups in total. The highest BCUT2D eigenvalue weighted by molar-refractivity contribution is 7.47. The molecule has 0 aromatic heterocycles. The first-order valence-electron chi connectivity index (χ1n) is 33.9. The van der Waals surface area contributed by atoms with Crippen LogP contribution >= 0.6 is 7.82 Å². The second kappa shape index (κ2) is 58.2. The number of nitrogens with one attached hydrogen (secondary N) is 1. The minimum absolute atomic E-state index is 0.0789. The molecule has 0 bridgehead atoms. The molecule has 0 saturated carbocycles. The van der Waals surface area contributed by atoms with Gasteiger partial charge in [-0.15, -0.1) is 0 Å². The van der Waals surface area contributed by atoms with Crippen LogP contribution in [0.3, 0.4) is 0 Å². The molecule has 0 aromatic rings. The SMILES string of the molecule is CCCCCCCCCCCCCCCCCCCCCCCCCCCCCCCCCCCCCCCCCCCC(=O)NC(COP(=O)(O)OCC[N+](C)(C)C)C(O)CCCCCCCCCCCCCC. The Morgan fingerprint density at radius 1 is 0.400 bits per heavy atom. The van der Waals surface area contributed by atoms with E-state index >= 15 is 0 Å². The maximum atomic E-state index is 13.0. The van der Waals surface area contributed by atoms with E-state index in [1.807, 2.05) is 21.1 Å². The van der Waals surface area contributed by atoms with Crippen LogP contribution in [0.4, 0.5) is 0 Å². The summed E-state index contributed by atoms with van der Waals surface area (Å²) in [6, 6.07) is -0.754. The molecular formula is C66H136N2O6P+. The van der Waals surface area contributed by atoms with Gasteiger partial charge in [-0.3, -0.25) is 13.8 Å². The number of nitrogens with zero attached hydrogens (tertiary/aromatic N) is 1. The zero-order valence-electron chi connectivity index (χ0n) is 51.6. The zero-order valence-corrected chi connectivity index (χ0v) is 52.5. The third-order valence-corrected chi connectivity index (χ3v) is 17.1. The molecule has 0 radical (unpaired) electrons. The monoisotopic (exact) mass is 1080 g/mol. The lowest BCUT2D eigenvalue weighted by atomic mass is 10.0. The van der Waals surface area contributed by atoms with Crippen LogP contribution in [-0.4, -0.2) is 73.4 Å². The Balaban J connectivity index is 3.74. The van der Waals surface area contributed by atoms with Gasteiger partial charge in [-0.25, -0.2) is 4.57 Å². The normalized spacial score (nSPS) is 13.6. The Morgan fingerprint density at radius 2 is 0.640 bits per heavy atom.